The Morgan fingerprint density at radius 1 is 1.35 bits per heavy atom. The van der Waals surface area contributed by atoms with Crippen LogP contribution < -0.4 is 0 Å². The Hall–Kier alpha value is -1.87. The fourth-order valence-electron chi connectivity index (χ4n) is 0.974. The van der Waals surface area contributed by atoms with Crippen molar-refractivity contribution >= 4 is 5.82 Å². The minimum Gasteiger partial charge on any atom is -0.358 e. The van der Waals surface area contributed by atoms with Gasteiger partial charge in [0.1, 0.15) is 5.56 Å². The number of hydrogen-bond acceptors (Lipinski definition) is 3. The fraction of sp³-hybridized carbons (Fsp3) is 0.286. The summed E-state index contributed by atoms with van der Waals surface area (Å²) >= 11 is 0. The second-order valence-corrected chi connectivity index (χ2v) is 2.79. The Kier molecular flexibility index (Phi) is 3.25. The van der Waals surface area contributed by atoms with E-state index in [0.29, 0.717) is 0 Å². The molecule has 0 amide bonds. The molecule has 0 bridgehead atoms. The van der Waals surface area contributed by atoms with Gasteiger partial charge < -0.3 is 10.1 Å². The summed E-state index contributed by atoms with van der Waals surface area (Å²) in [6.45, 7) is 0. The summed E-state index contributed by atoms with van der Waals surface area (Å²) in [5.41, 5.74) is -3.65. The van der Waals surface area contributed by atoms with Gasteiger partial charge in [-0.25, -0.2) is 8.78 Å². The van der Waals surface area contributed by atoms with Crippen molar-refractivity contribution in [1.29, 1.82) is 0 Å². The van der Waals surface area contributed by atoms with Crippen LogP contribution >= 0.6 is 0 Å². The topological polar surface area (TPSA) is 56.0 Å². The van der Waals surface area contributed by atoms with Crippen LogP contribution in [0.5, 0.6) is 0 Å². The van der Waals surface area contributed by atoms with E-state index in [-0.39, 0.29) is 6.07 Å². The zero-order valence-electron chi connectivity index (χ0n) is 7.63. The van der Waals surface area contributed by atoms with Gasteiger partial charge in [-0.2, -0.15) is 17.6 Å². The van der Waals surface area contributed by atoms with Crippen molar-refractivity contribution in [2.24, 2.45) is 0 Å². The highest BCUT2D eigenvalue weighted by atomic mass is 19.4. The van der Waals surface area contributed by atoms with E-state index >= 15 is 0 Å². The van der Waals surface area contributed by atoms with Crippen LogP contribution in [0.4, 0.5) is 32.2 Å². The molecule has 10 heteroatoms. The molecule has 0 fully saturated rings. The second kappa shape index (κ2) is 4.18. The third kappa shape index (κ3) is 2.63. The number of pyridine rings is 1. The van der Waals surface area contributed by atoms with Crippen LogP contribution in [-0.2, 0) is 6.18 Å². The quantitative estimate of drug-likeness (QED) is 0.466. The summed E-state index contributed by atoms with van der Waals surface area (Å²) in [6, 6.07) is -0.257. The number of hydrogen-bond donors (Lipinski definition) is 0. The number of rotatable bonds is 2. The molecular formula is C7H2F6N2O2. The van der Waals surface area contributed by atoms with Gasteiger partial charge in [0, 0.05) is 6.07 Å². The summed E-state index contributed by atoms with van der Waals surface area (Å²) < 4.78 is 73.9. The van der Waals surface area contributed by atoms with E-state index in [9.17, 15) is 36.5 Å². The first-order chi connectivity index (χ1) is 7.64. The maximum Gasteiger partial charge on any atom is 0.419 e. The molecule has 1 aromatic rings. The highest BCUT2D eigenvalue weighted by molar-refractivity contribution is 5.34. The van der Waals surface area contributed by atoms with E-state index in [0.717, 1.165) is 0 Å². The molecule has 0 aliphatic heterocycles. The number of aromatic nitrogens is 1. The average molecular weight is 260 g/mol. The van der Waals surface area contributed by atoms with E-state index in [2.05, 4.69) is 4.98 Å². The summed E-state index contributed by atoms with van der Waals surface area (Å²) in [5.74, 6) is -4.16. The standard InChI is InChI=1S/C7H2F6N2O2/c8-4-2(7(11,12)13)1-3(5(9)10)14-6(4)15(16)17/h1,5H. The third-order valence-corrected chi connectivity index (χ3v) is 1.66. The van der Waals surface area contributed by atoms with Gasteiger partial charge in [0.25, 0.3) is 0 Å². The van der Waals surface area contributed by atoms with Crippen LogP contribution in [0.15, 0.2) is 6.07 Å². The predicted octanol–water partition coefficient (Wildman–Crippen LogP) is 3.09. The van der Waals surface area contributed by atoms with E-state index in [1.807, 2.05) is 0 Å². The Morgan fingerprint density at radius 2 is 1.88 bits per heavy atom. The molecular weight excluding hydrogens is 258 g/mol. The van der Waals surface area contributed by atoms with Crippen molar-refractivity contribution in [2.45, 2.75) is 12.6 Å². The number of halogens is 6. The van der Waals surface area contributed by atoms with Crippen molar-refractivity contribution in [2.75, 3.05) is 0 Å². The Labute approximate surface area is 89.0 Å². The first-order valence-electron chi connectivity index (χ1n) is 3.84. The zero-order valence-corrected chi connectivity index (χ0v) is 7.63. The van der Waals surface area contributed by atoms with E-state index < -0.39 is 40.4 Å². The third-order valence-electron chi connectivity index (χ3n) is 1.66. The lowest BCUT2D eigenvalue weighted by atomic mass is 10.2. The molecule has 0 unspecified atom stereocenters. The van der Waals surface area contributed by atoms with E-state index in [4.69, 9.17) is 0 Å². The number of nitrogens with zero attached hydrogens (tertiary/aromatic N) is 2. The number of nitro groups is 1. The van der Waals surface area contributed by atoms with E-state index in [1.165, 1.54) is 0 Å². The maximum atomic E-state index is 13.0. The molecule has 4 nitrogen and oxygen atoms in total. The predicted molar refractivity (Wildman–Crippen MR) is 40.8 cm³/mol. The van der Waals surface area contributed by atoms with Gasteiger partial charge in [0.15, 0.2) is 0 Å². The minimum absolute atomic E-state index is 0.257. The van der Waals surface area contributed by atoms with Gasteiger partial charge in [-0.3, -0.25) is 0 Å². The van der Waals surface area contributed by atoms with Crippen molar-refractivity contribution < 1.29 is 31.3 Å². The molecule has 94 valence electrons. The van der Waals surface area contributed by atoms with E-state index in [1.54, 1.807) is 0 Å². The lowest BCUT2D eigenvalue weighted by Crippen LogP contribution is -2.13. The summed E-state index contributed by atoms with van der Waals surface area (Å²) in [4.78, 5) is 11.1. The highest BCUT2D eigenvalue weighted by Crippen LogP contribution is 2.36. The highest BCUT2D eigenvalue weighted by Gasteiger charge is 2.40. The van der Waals surface area contributed by atoms with Crippen molar-refractivity contribution in [3.63, 3.8) is 0 Å². The molecule has 17 heavy (non-hydrogen) atoms. The fourth-order valence-corrected chi connectivity index (χ4v) is 0.974. The van der Waals surface area contributed by atoms with Gasteiger partial charge in [-0.05, 0) is 9.91 Å². The van der Waals surface area contributed by atoms with Gasteiger partial charge in [-0.1, -0.05) is 0 Å². The van der Waals surface area contributed by atoms with Crippen LogP contribution in [0.1, 0.15) is 17.7 Å². The molecule has 0 atom stereocenters. The Morgan fingerprint density at radius 3 is 2.24 bits per heavy atom. The second-order valence-electron chi connectivity index (χ2n) is 2.79. The van der Waals surface area contributed by atoms with Crippen LogP contribution in [0, 0.1) is 15.9 Å². The van der Waals surface area contributed by atoms with Gasteiger partial charge in [0.05, 0.1) is 0 Å². The van der Waals surface area contributed by atoms with Gasteiger partial charge in [-0.15, -0.1) is 0 Å². The minimum atomic E-state index is -5.32. The molecule has 0 saturated carbocycles. The molecule has 0 aromatic carbocycles. The van der Waals surface area contributed by atoms with Crippen molar-refractivity contribution in [3.8, 4) is 0 Å². The molecule has 0 saturated heterocycles. The first kappa shape index (κ1) is 13.2. The normalized spacial score (nSPS) is 11.9. The lowest BCUT2D eigenvalue weighted by Gasteiger charge is -2.08. The summed E-state index contributed by atoms with van der Waals surface area (Å²) in [5, 5.41) is 10.2. The monoisotopic (exact) mass is 260 g/mol. The molecule has 0 N–H and O–H groups in total. The Balaban J connectivity index is 3.55. The molecule has 0 radical (unpaired) electrons. The zero-order chi connectivity index (χ0) is 13.4. The molecule has 1 heterocycles. The lowest BCUT2D eigenvalue weighted by molar-refractivity contribution is -0.392. The van der Waals surface area contributed by atoms with Crippen LogP contribution in [-0.4, -0.2) is 9.91 Å². The molecule has 0 aliphatic rings. The smallest absolute Gasteiger partial charge is 0.358 e. The van der Waals surface area contributed by atoms with Crippen LogP contribution in [0.3, 0.4) is 0 Å². The number of alkyl halides is 5. The van der Waals surface area contributed by atoms with Gasteiger partial charge >= 0.3 is 18.4 Å². The van der Waals surface area contributed by atoms with Gasteiger partial charge in [0.2, 0.25) is 11.5 Å². The SMILES string of the molecule is O=[N+]([O-])c1nc(C(F)F)cc(C(F)(F)F)c1F. The molecule has 0 spiro atoms. The summed E-state index contributed by atoms with van der Waals surface area (Å²) in [6.07, 6.45) is -8.79. The van der Waals surface area contributed by atoms with Crippen molar-refractivity contribution in [1.82, 2.24) is 4.98 Å². The maximum absolute atomic E-state index is 13.0. The van der Waals surface area contributed by atoms with Crippen LogP contribution in [0.25, 0.3) is 0 Å². The Bertz CT molecular complexity index is 458. The largest absolute Gasteiger partial charge is 0.419 e. The van der Waals surface area contributed by atoms with Crippen LogP contribution in [0.2, 0.25) is 0 Å². The molecule has 0 aliphatic carbocycles. The average Bonchev–Trinajstić information content (AvgIpc) is 2.15. The molecule has 1 rings (SSSR count). The summed E-state index contributed by atoms with van der Waals surface area (Å²) in [7, 11) is 0. The first-order valence-corrected chi connectivity index (χ1v) is 3.84. The van der Waals surface area contributed by atoms with Crippen molar-refractivity contribution in [3.05, 3.63) is 33.3 Å². The molecule has 1 aromatic heterocycles.